The molecule has 0 saturated carbocycles. The summed E-state index contributed by atoms with van der Waals surface area (Å²) in [7, 11) is 0. The fourth-order valence-electron chi connectivity index (χ4n) is 1.82. The second-order valence-corrected chi connectivity index (χ2v) is 3.85. The van der Waals surface area contributed by atoms with Crippen LogP contribution in [0.25, 0.3) is 11.0 Å². The van der Waals surface area contributed by atoms with Crippen LogP contribution >= 0.6 is 0 Å². The molecule has 0 spiro atoms. The lowest BCUT2D eigenvalue weighted by molar-refractivity contribution is 0.389. The summed E-state index contributed by atoms with van der Waals surface area (Å²) in [5, 5.41) is 3.94. The molecule has 6 heteroatoms. The van der Waals surface area contributed by atoms with Crippen LogP contribution in [0.15, 0.2) is 29.0 Å². The minimum Gasteiger partial charge on any atom is -0.369 e. The van der Waals surface area contributed by atoms with Gasteiger partial charge in [-0.15, -0.1) is 0 Å². The summed E-state index contributed by atoms with van der Waals surface area (Å²) in [5.41, 5.74) is 8.42. The number of rotatable bonds is 2. The van der Waals surface area contributed by atoms with Crippen LogP contribution in [-0.2, 0) is 6.54 Å². The van der Waals surface area contributed by atoms with Gasteiger partial charge in [0.05, 0.1) is 18.3 Å². The van der Waals surface area contributed by atoms with Crippen LogP contribution in [0.4, 0.5) is 5.95 Å². The van der Waals surface area contributed by atoms with Crippen molar-refractivity contribution in [2.24, 2.45) is 0 Å². The third-order valence-corrected chi connectivity index (χ3v) is 2.58. The molecular weight excluding hydrogens is 218 g/mol. The van der Waals surface area contributed by atoms with Crippen LogP contribution in [0.5, 0.6) is 0 Å². The number of fused-ring (bicyclic) bond motifs is 1. The van der Waals surface area contributed by atoms with Crippen molar-refractivity contribution in [1.29, 1.82) is 0 Å². The molecule has 3 aromatic heterocycles. The number of aryl methyl sites for hydroxylation is 1. The summed E-state index contributed by atoms with van der Waals surface area (Å²) < 4.78 is 6.91. The van der Waals surface area contributed by atoms with Crippen molar-refractivity contribution in [3.63, 3.8) is 0 Å². The molecule has 0 bridgehead atoms. The van der Waals surface area contributed by atoms with Gasteiger partial charge in [-0.1, -0.05) is 5.16 Å². The number of pyridine rings is 1. The Morgan fingerprint density at radius 2 is 2.35 bits per heavy atom. The number of anilines is 1. The second kappa shape index (κ2) is 3.58. The molecule has 3 rings (SSSR count). The Morgan fingerprint density at radius 3 is 3.12 bits per heavy atom. The Balaban J connectivity index is 2.08. The number of hydrogen-bond donors (Lipinski definition) is 1. The van der Waals surface area contributed by atoms with Gasteiger partial charge >= 0.3 is 0 Å². The molecule has 17 heavy (non-hydrogen) atoms. The van der Waals surface area contributed by atoms with Crippen molar-refractivity contribution < 1.29 is 4.52 Å². The van der Waals surface area contributed by atoms with Crippen molar-refractivity contribution in [3.05, 3.63) is 36.0 Å². The van der Waals surface area contributed by atoms with Crippen LogP contribution in [0.3, 0.4) is 0 Å². The first-order valence-corrected chi connectivity index (χ1v) is 5.22. The molecule has 2 N–H and O–H groups in total. The molecule has 0 aliphatic rings. The average molecular weight is 229 g/mol. The average Bonchev–Trinajstić information content (AvgIpc) is 2.85. The van der Waals surface area contributed by atoms with E-state index in [2.05, 4.69) is 15.1 Å². The molecule has 6 nitrogen and oxygen atoms in total. The van der Waals surface area contributed by atoms with E-state index < -0.39 is 0 Å². The Morgan fingerprint density at radius 1 is 1.47 bits per heavy atom. The van der Waals surface area contributed by atoms with E-state index in [9.17, 15) is 0 Å². The standard InChI is InChI=1S/C11H11N5O/c1-7-4-8(15-17-7)6-16-10-2-3-13-5-9(10)14-11(16)12/h2-5H,6H2,1H3,(H2,12,14). The SMILES string of the molecule is Cc1cc(Cn2c(N)nc3cnccc32)no1. The first kappa shape index (κ1) is 9.83. The number of aromatic nitrogens is 4. The third-order valence-electron chi connectivity index (χ3n) is 2.58. The highest BCUT2D eigenvalue weighted by Gasteiger charge is 2.10. The van der Waals surface area contributed by atoms with Crippen LogP contribution in [0, 0.1) is 6.92 Å². The van der Waals surface area contributed by atoms with E-state index in [0.29, 0.717) is 12.5 Å². The summed E-state index contributed by atoms with van der Waals surface area (Å²) in [6, 6.07) is 3.76. The zero-order chi connectivity index (χ0) is 11.8. The summed E-state index contributed by atoms with van der Waals surface area (Å²) >= 11 is 0. The lowest BCUT2D eigenvalue weighted by Gasteiger charge is -2.02. The molecule has 0 aliphatic heterocycles. The second-order valence-electron chi connectivity index (χ2n) is 3.85. The molecule has 86 valence electrons. The maximum atomic E-state index is 5.87. The lowest BCUT2D eigenvalue weighted by Crippen LogP contribution is -2.04. The van der Waals surface area contributed by atoms with E-state index in [4.69, 9.17) is 10.3 Å². The Labute approximate surface area is 97.1 Å². The Hall–Kier alpha value is -2.37. The first-order valence-electron chi connectivity index (χ1n) is 5.22. The highest BCUT2D eigenvalue weighted by Crippen LogP contribution is 2.18. The summed E-state index contributed by atoms with van der Waals surface area (Å²) in [6.07, 6.45) is 3.41. The zero-order valence-corrected chi connectivity index (χ0v) is 9.29. The molecule has 0 atom stereocenters. The highest BCUT2D eigenvalue weighted by atomic mass is 16.5. The van der Waals surface area contributed by atoms with E-state index in [-0.39, 0.29) is 0 Å². The molecule has 0 fully saturated rings. The van der Waals surface area contributed by atoms with Gasteiger partial charge in [-0.25, -0.2) is 4.98 Å². The molecule has 0 saturated heterocycles. The molecule has 0 radical (unpaired) electrons. The van der Waals surface area contributed by atoms with Gasteiger partial charge in [0, 0.05) is 12.3 Å². The number of nitrogen functional groups attached to an aromatic ring is 1. The number of nitrogens with two attached hydrogens (primary N) is 1. The normalized spacial score (nSPS) is 11.1. The van der Waals surface area contributed by atoms with E-state index in [1.54, 1.807) is 12.4 Å². The van der Waals surface area contributed by atoms with Crippen molar-refractivity contribution in [2.45, 2.75) is 13.5 Å². The van der Waals surface area contributed by atoms with E-state index in [1.165, 1.54) is 0 Å². The van der Waals surface area contributed by atoms with Gasteiger partial charge in [-0.2, -0.15) is 0 Å². The fraction of sp³-hybridized carbons (Fsp3) is 0.182. The van der Waals surface area contributed by atoms with Gasteiger partial charge in [-0.05, 0) is 13.0 Å². The fourth-order valence-corrected chi connectivity index (χ4v) is 1.82. The number of nitrogens with zero attached hydrogens (tertiary/aromatic N) is 4. The van der Waals surface area contributed by atoms with Gasteiger partial charge in [0.25, 0.3) is 0 Å². The minimum absolute atomic E-state index is 0.452. The van der Waals surface area contributed by atoms with Gasteiger partial charge in [0.15, 0.2) is 0 Å². The molecule has 0 unspecified atom stereocenters. The van der Waals surface area contributed by atoms with E-state index in [1.807, 2.05) is 23.6 Å². The van der Waals surface area contributed by atoms with E-state index in [0.717, 1.165) is 22.5 Å². The number of imidazole rings is 1. The van der Waals surface area contributed by atoms with E-state index >= 15 is 0 Å². The van der Waals surface area contributed by atoms with Crippen molar-refractivity contribution in [2.75, 3.05) is 5.73 Å². The van der Waals surface area contributed by atoms with Crippen LogP contribution in [-0.4, -0.2) is 19.7 Å². The maximum Gasteiger partial charge on any atom is 0.201 e. The number of hydrogen-bond acceptors (Lipinski definition) is 5. The van der Waals surface area contributed by atoms with Crippen molar-refractivity contribution >= 4 is 17.0 Å². The Bertz CT molecular complexity index is 669. The van der Waals surface area contributed by atoms with Gasteiger partial charge < -0.3 is 14.8 Å². The Kier molecular flexibility index (Phi) is 2.07. The molecule has 3 heterocycles. The molecule has 0 aromatic carbocycles. The largest absolute Gasteiger partial charge is 0.369 e. The molecule has 3 aromatic rings. The maximum absolute atomic E-state index is 5.87. The monoisotopic (exact) mass is 229 g/mol. The van der Waals surface area contributed by atoms with Crippen LogP contribution in [0.1, 0.15) is 11.5 Å². The summed E-state index contributed by atoms with van der Waals surface area (Å²) in [4.78, 5) is 8.25. The summed E-state index contributed by atoms with van der Waals surface area (Å²) in [5.74, 6) is 1.23. The lowest BCUT2D eigenvalue weighted by atomic mass is 10.3. The predicted molar refractivity (Wildman–Crippen MR) is 62.3 cm³/mol. The van der Waals surface area contributed by atoms with Crippen molar-refractivity contribution in [1.82, 2.24) is 19.7 Å². The van der Waals surface area contributed by atoms with Gasteiger partial charge in [-0.3, -0.25) is 4.98 Å². The highest BCUT2D eigenvalue weighted by molar-refractivity contribution is 5.77. The smallest absolute Gasteiger partial charge is 0.201 e. The predicted octanol–water partition coefficient (Wildman–Crippen LogP) is 1.36. The summed E-state index contributed by atoms with van der Waals surface area (Å²) in [6.45, 7) is 2.40. The quantitative estimate of drug-likeness (QED) is 0.717. The molecule has 0 aliphatic carbocycles. The van der Waals surface area contributed by atoms with Crippen LogP contribution in [0.2, 0.25) is 0 Å². The topological polar surface area (TPSA) is 82.8 Å². The van der Waals surface area contributed by atoms with Gasteiger partial charge in [0.1, 0.15) is 17.0 Å². The van der Waals surface area contributed by atoms with Gasteiger partial charge in [0.2, 0.25) is 5.95 Å². The molecule has 0 amide bonds. The van der Waals surface area contributed by atoms with Crippen LogP contribution < -0.4 is 5.73 Å². The van der Waals surface area contributed by atoms with Crippen molar-refractivity contribution in [3.8, 4) is 0 Å². The third kappa shape index (κ3) is 1.63. The first-order chi connectivity index (χ1) is 8.24. The minimum atomic E-state index is 0.452. The molecular formula is C11H11N5O. The zero-order valence-electron chi connectivity index (χ0n) is 9.29.